The molecule has 8 heteroatoms. The van der Waals surface area contributed by atoms with E-state index in [1.54, 1.807) is 25.0 Å². The van der Waals surface area contributed by atoms with E-state index >= 15 is 0 Å². The fourth-order valence-electron chi connectivity index (χ4n) is 4.17. The van der Waals surface area contributed by atoms with Gasteiger partial charge in [-0.05, 0) is 25.0 Å². The molecule has 0 atom stereocenters. The number of hydrogen-bond acceptors (Lipinski definition) is 6. The molecule has 0 spiro atoms. The molecular formula is C22H28N4O4. The van der Waals surface area contributed by atoms with Crippen LogP contribution in [-0.4, -0.2) is 47.2 Å². The van der Waals surface area contributed by atoms with Crippen LogP contribution in [-0.2, 0) is 11.8 Å². The maximum absolute atomic E-state index is 13.1. The zero-order chi connectivity index (χ0) is 21.1. The van der Waals surface area contributed by atoms with Crippen LogP contribution in [0.3, 0.4) is 0 Å². The number of methoxy groups -OCH3 is 2. The van der Waals surface area contributed by atoms with Crippen LogP contribution >= 0.6 is 0 Å². The number of hydrogen-bond donors (Lipinski definition) is 1. The van der Waals surface area contributed by atoms with Crippen molar-refractivity contribution < 1.29 is 14.2 Å². The summed E-state index contributed by atoms with van der Waals surface area (Å²) in [5.74, 6) is 2.01. The van der Waals surface area contributed by atoms with E-state index in [4.69, 9.17) is 19.2 Å². The monoisotopic (exact) mass is 412 g/mol. The van der Waals surface area contributed by atoms with Gasteiger partial charge < -0.3 is 19.2 Å². The van der Waals surface area contributed by atoms with Gasteiger partial charge in [0.15, 0.2) is 5.65 Å². The second-order valence-corrected chi connectivity index (χ2v) is 7.66. The zero-order valence-corrected chi connectivity index (χ0v) is 17.7. The summed E-state index contributed by atoms with van der Waals surface area (Å²) in [6.45, 7) is 0.943. The van der Waals surface area contributed by atoms with Gasteiger partial charge in [0.05, 0.1) is 25.0 Å². The van der Waals surface area contributed by atoms with Crippen molar-refractivity contribution in [2.45, 2.75) is 38.0 Å². The topological polar surface area (TPSA) is 91.3 Å². The normalized spacial score (nSPS) is 14.9. The molecule has 0 saturated heterocycles. The summed E-state index contributed by atoms with van der Waals surface area (Å²) in [5.41, 5.74) is 2.00. The van der Waals surface area contributed by atoms with Gasteiger partial charge in [0.1, 0.15) is 29.3 Å². The Balaban J connectivity index is 1.73. The highest BCUT2D eigenvalue weighted by atomic mass is 16.5. The van der Waals surface area contributed by atoms with Crippen LogP contribution in [0.4, 0.5) is 0 Å². The number of ether oxygens (including phenoxy) is 3. The lowest BCUT2D eigenvalue weighted by molar-refractivity contribution is 0.146. The molecule has 2 heterocycles. The second kappa shape index (κ2) is 8.87. The molecule has 0 radical (unpaired) electrons. The predicted molar refractivity (Wildman–Crippen MR) is 114 cm³/mol. The van der Waals surface area contributed by atoms with Crippen molar-refractivity contribution in [1.82, 2.24) is 19.7 Å². The van der Waals surface area contributed by atoms with Crippen molar-refractivity contribution >= 4 is 11.0 Å². The van der Waals surface area contributed by atoms with Crippen molar-refractivity contribution in [1.29, 1.82) is 0 Å². The van der Waals surface area contributed by atoms with Crippen LogP contribution in [0.25, 0.3) is 22.4 Å². The van der Waals surface area contributed by atoms with Gasteiger partial charge in [0.2, 0.25) is 0 Å². The minimum Gasteiger partial charge on any atom is -0.496 e. The molecule has 1 aliphatic rings. The standard InChI is InChI=1S/C22H28N4O4/c1-26-21-18(19(25-26)14-7-5-4-6-8-14)22(27)24-20(23-21)16-10-9-15(13-17(16)29-3)30-12-11-28-2/h9-10,13-14H,4-8,11-12H2,1-3H3,(H,23,24,27). The Morgan fingerprint density at radius 2 is 1.97 bits per heavy atom. The Labute approximate surface area is 175 Å². The van der Waals surface area contributed by atoms with Crippen molar-refractivity contribution in [3.05, 3.63) is 34.2 Å². The van der Waals surface area contributed by atoms with Crippen LogP contribution in [0.5, 0.6) is 11.5 Å². The maximum atomic E-state index is 13.1. The van der Waals surface area contributed by atoms with Crippen LogP contribution in [0, 0.1) is 0 Å². The maximum Gasteiger partial charge on any atom is 0.262 e. The first-order valence-electron chi connectivity index (χ1n) is 10.4. The van der Waals surface area contributed by atoms with E-state index in [0.717, 1.165) is 18.5 Å². The van der Waals surface area contributed by atoms with E-state index in [0.29, 0.717) is 53.1 Å². The minimum atomic E-state index is -0.161. The number of benzene rings is 1. The predicted octanol–water partition coefficient (Wildman–Crippen LogP) is 3.41. The third-order valence-corrected chi connectivity index (χ3v) is 5.70. The zero-order valence-electron chi connectivity index (χ0n) is 17.7. The van der Waals surface area contributed by atoms with Crippen molar-refractivity contribution in [3.8, 4) is 22.9 Å². The fourth-order valence-corrected chi connectivity index (χ4v) is 4.17. The molecule has 0 bridgehead atoms. The lowest BCUT2D eigenvalue weighted by Gasteiger charge is -2.19. The summed E-state index contributed by atoms with van der Waals surface area (Å²) in [5, 5.41) is 5.28. The van der Waals surface area contributed by atoms with Gasteiger partial charge in [-0.1, -0.05) is 19.3 Å². The Hall–Kier alpha value is -2.87. The number of fused-ring (bicyclic) bond motifs is 1. The van der Waals surface area contributed by atoms with Crippen LogP contribution in [0.15, 0.2) is 23.0 Å². The van der Waals surface area contributed by atoms with Gasteiger partial charge in [-0.2, -0.15) is 5.10 Å². The third kappa shape index (κ3) is 3.92. The Morgan fingerprint density at radius 1 is 1.17 bits per heavy atom. The molecule has 1 fully saturated rings. The number of H-pyrrole nitrogens is 1. The van der Waals surface area contributed by atoms with Gasteiger partial charge in [-0.3, -0.25) is 4.79 Å². The summed E-state index contributed by atoms with van der Waals surface area (Å²) in [7, 11) is 5.05. The molecule has 1 saturated carbocycles. The molecule has 4 rings (SSSR count). The number of rotatable bonds is 7. The molecule has 160 valence electrons. The average Bonchev–Trinajstić information content (AvgIpc) is 3.11. The molecule has 30 heavy (non-hydrogen) atoms. The number of nitrogens with zero attached hydrogens (tertiary/aromatic N) is 3. The number of nitrogens with one attached hydrogen (secondary N) is 1. The van der Waals surface area contributed by atoms with E-state index in [9.17, 15) is 4.79 Å². The van der Waals surface area contributed by atoms with Gasteiger partial charge in [0.25, 0.3) is 5.56 Å². The van der Waals surface area contributed by atoms with Crippen molar-refractivity contribution in [2.75, 3.05) is 27.4 Å². The van der Waals surface area contributed by atoms with E-state index in [2.05, 4.69) is 10.1 Å². The van der Waals surface area contributed by atoms with E-state index in [1.807, 2.05) is 19.2 Å². The quantitative estimate of drug-likeness (QED) is 0.598. The fraction of sp³-hybridized carbons (Fsp3) is 0.500. The summed E-state index contributed by atoms with van der Waals surface area (Å²) in [6.07, 6.45) is 5.77. The highest BCUT2D eigenvalue weighted by molar-refractivity contribution is 5.80. The molecular weight excluding hydrogens is 384 g/mol. The van der Waals surface area contributed by atoms with Gasteiger partial charge >= 0.3 is 0 Å². The molecule has 8 nitrogen and oxygen atoms in total. The van der Waals surface area contributed by atoms with E-state index in [-0.39, 0.29) is 5.56 Å². The highest BCUT2D eigenvalue weighted by Crippen LogP contribution is 2.35. The largest absolute Gasteiger partial charge is 0.496 e. The molecule has 1 aromatic carbocycles. The molecule has 3 aromatic rings. The first kappa shape index (κ1) is 20.4. The first-order valence-corrected chi connectivity index (χ1v) is 10.4. The number of aromatic amines is 1. The van der Waals surface area contributed by atoms with Gasteiger partial charge in [0, 0.05) is 26.1 Å². The summed E-state index contributed by atoms with van der Waals surface area (Å²) < 4.78 is 17.9. The SMILES string of the molecule is COCCOc1ccc(-c2nc3c(c(C4CCCCC4)nn3C)c(=O)[nH]2)c(OC)c1. The Kier molecular flexibility index (Phi) is 6.03. The second-order valence-electron chi connectivity index (χ2n) is 7.66. The van der Waals surface area contributed by atoms with Crippen LogP contribution < -0.4 is 15.0 Å². The molecule has 0 amide bonds. The van der Waals surface area contributed by atoms with E-state index in [1.165, 1.54) is 19.3 Å². The molecule has 1 N–H and O–H groups in total. The summed E-state index contributed by atoms with van der Waals surface area (Å²) in [6, 6.07) is 5.45. The van der Waals surface area contributed by atoms with Crippen molar-refractivity contribution in [2.24, 2.45) is 7.05 Å². The summed E-state index contributed by atoms with van der Waals surface area (Å²) in [4.78, 5) is 20.7. The van der Waals surface area contributed by atoms with Crippen LogP contribution in [0.1, 0.15) is 43.7 Å². The lowest BCUT2D eigenvalue weighted by atomic mass is 9.86. The highest BCUT2D eigenvalue weighted by Gasteiger charge is 2.25. The van der Waals surface area contributed by atoms with Crippen molar-refractivity contribution in [3.63, 3.8) is 0 Å². The van der Waals surface area contributed by atoms with Gasteiger partial charge in [-0.25, -0.2) is 9.67 Å². The third-order valence-electron chi connectivity index (χ3n) is 5.70. The minimum absolute atomic E-state index is 0.161. The molecule has 1 aliphatic carbocycles. The first-order chi connectivity index (χ1) is 14.6. The number of aryl methyl sites for hydroxylation is 1. The van der Waals surface area contributed by atoms with Crippen LogP contribution in [0.2, 0.25) is 0 Å². The molecule has 0 unspecified atom stereocenters. The average molecular weight is 412 g/mol. The molecule has 2 aromatic heterocycles. The lowest BCUT2D eigenvalue weighted by Crippen LogP contribution is -2.13. The van der Waals surface area contributed by atoms with E-state index < -0.39 is 0 Å². The molecule has 0 aliphatic heterocycles. The van der Waals surface area contributed by atoms with Gasteiger partial charge in [-0.15, -0.1) is 0 Å². The summed E-state index contributed by atoms with van der Waals surface area (Å²) >= 11 is 0. The Bertz CT molecular complexity index is 1080. The Morgan fingerprint density at radius 3 is 2.70 bits per heavy atom. The number of aromatic nitrogens is 4. The smallest absolute Gasteiger partial charge is 0.262 e.